The number of fused-ring (bicyclic) bond motifs is 2. The number of ketones is 1. The van der Waals surface area contributed by atoms with Gasteiger partial charge in [0.15, 0.2) is 5.78 Å². The van der Waals surface area contributed by atoms with E-state index in [0.717, 1.165) is 12.8 Å². The van der Waals surface area contributed by atoms with Gasteiger partial charge in [0.1, 0.15) is 23.9 Å². The van der Waals surface area contributed by atoms with Crippen LogP contribution in [0.5, 0.6) is 17.2 Å². The van der Waals surface area contributed by atoms with Crippen molar-refractivity contribution in [2.75, 3.05) is 6.61 Å². The lowest BCUT2D eigenvalue weighted by atomic mass is 9.79. The molecule has 5 heteroatoms. The Labute approximate surface area is 177 Å². The zero-order chi connectivity index (χ0) is 22.1. The summed E-state index contributed by atoms with van der Waals surface area (Å²) in [5.41, 5.74) is 2.15. The van der Waals surface area contributed by atoms with Crippen molar-refractivity contribution in [1.82, 2.24) is 0 Å². The standard InChI is InChI=1S/C25H30O5/c1-15(2)6-5-7-16(3)8-9-30-19-11-17-10-18-13-25(4,29)14-21(27)23(18)24(28)22(17)20(26)12-19/h6,8,10-12,26,28-29H,5,7,9,13-14H2,1-4H3/t25-/m1/s1. The smallest absolute Gasteiger partial charge is 0.169 e. The molecule has 1 aliphatic rings. The molecule has 3 rings (SSSR count). The number of aromatic hydroxyl groups is 2. The number of hydrogen-bond donors (Lipinski definition) is 3. The highest BCUT2D eigenvalue weighted by Crippen LogP contribution is 2.43. The van der Waals surface area contributed by atoms with E-state index in [-0.39, 0.29) is 41.1 Å². The molecule has 0 aromatic heterocycles. The molecule has 3 N–H and O–H groups in total. The van der Waals surface area contributed by atoms with Gasteiger partial charge in [-0.25, -0.2) is 0 Å². The van der Waals surface area contributed by atoms with Crippen molar-refractivity contribution in [3.05, 3.63) is 52.6 Å². The largest absolute Gasteiger partial charge is 0.507 e. The van der Waals surface area contributed by atoms with Crippen LogP contribution in [0.25, 0.3) is 10.8 Å². The molecule has 0 amide bonds. The fraction of sp³-hybridized carbons (Fsp3) is 0.400. The summed E-state index contributed by atoms with van der Waals surface area (Å²) in [5, 5.41) is 32.3. The molecule has 0 spiro atoms. The number of benzene rings is 2. The van der Waals surface area contributed by atoms with Gasteiger partial charge in [-0.2, -0.15) is 0 Å². The first-order chi connectivity index (χ1) is 14.1. The summed E-state index contributed by atoms with van der Waals surface area (Å²) in [7, 11) is 0. The molecule has 0 bridgehead atoms. The third kappa shape index (κ3) is 4.85. The van der Waals surface area contributed by atoms with Crippen molar-refractivity contribution < 1.29 is 24.9 Å². The Morgan fingerprint density at radius 2 is 1.87 bits per heavy atom. The number of carbonyl (C=O) groups excluding carboxylic acids is 1. The molecule has 2 aromatic carbocycles. The van der Waals surface area contributed by atoms with Gasteiger partial charge in [-0.05, 0) is 69.7 Å². The fourth-order valence-corrected chi connectivity index (χ4v) is 3.94. The van der Waals surface area contributed by atoms with Gasteiger partial charge < -0.3 is 20.1 Å². The van der Waals surface area contributed by atoms with E-state index in [2.05, 4.69) is 26.8 Å². The van der Waals surface area contributed by atoms with E-state index in [9.17, 15) is 20.1 Å². The number of aliphatic hydroxyl groups is 1. The van der Waals surface area contributed by atoms with E-state index in [1.165, 1.54) is 17.2 Å². The van der Waals surface area contributed by atoms with Gasteiger partial charge >= 0.3 is 0 Å². The molecule has 0 fully saturated rings. The lowest BCUT2D eigenvalue weighted by molar-refractivity contribution is 0.0409. The van der Waals surface area contributed by atoms with E-state index >= 15 is 0 Å². The molecule has 0 unspecified atom stereocenters. The molecular formula is C25H30O5. The Morgan fingerprint density at radius 3 is 2.57 bits per heavy atom. The zero-order valence-corrected chi connectivity index (χ0v) is 18.1. The van der Waals surface area contributed by atoms with Crippen LogP contribution in [0.4, 0.5) is 0 Å². The average Bonchev–Trinajstić information content (AvgIpc) is 2.59. The van der Waals surface area contributed by atoms with Crippen molar-refractivity contribution in [3.63, 3.8) is 0 Å². The first kappa shape index (κ1) is 21.9. The number of phenolic OH excluding ortho intramolecular Hbond substituents is 2. The third-order valence-corrected chi connectivity index (χ3v) is 5.41. The molecular weight excluding hydrogens is 380 g/mol. The van der Waals surface area contributed by atoms with Gasteiger partial charge in [0.25, 0.3) is 0 Å². The average molecular weight is 411 g/mol. The molecule has 160 valence electrons. The fourth-order valence-electron chi connectivity index (χ4n) is 3.94. The minimum Gasteiger partial charge on any atom is -0.507 e. The summed E-state index contributed by atoms with van der Waals surface area (Å²) >= 11 is 0. The summed E-state index contributed by atoms with van der Waals surface area (Å²) in [6, 6.07) is 4.92. The maximum atomic E-state index is 12.4. The molecule has 2 aromatic rings. The zero-order valence-electron chi connectivity index (χ0n) is 18.1. The molecule has 30 heavy (non-hydrogen) atoms. The number of hydrogen-bond acceptors (Lipinski definition) is 5. The summed E-state index contributed by atoms with van der Waals surface area (Å²) in [6.45, 7) is 8.21. The van der Waals surface area contributed by atoms with Gasteiger partial charge in [0.2, 0.25) is 0 Å². The Balaban J connectivity index is 1.84. The second-order valence-electron chi connectivity index (χ2n) is 8.76. The predicted octanol–water partition coefficient (Wildman–Crippen LogP) is 5.20. The number of carbonyl (C=O) groups is 1. The van der Waals surface area contributed by atoms with Gasteiger partial charge in [-0.3, -0.25) is 4.79 Å². The van der Waals surface area contributed by atoms with Crippen LogP contribution in [-0.2, 0) is 6.42 Å². The van der Waals surface area contributed by atoms with Gasteiger partial charge in [-0.15, -0.1) is 0 Å². The lowest BCUT2D eigenvalue weighted by Crippen LogP contribution is -2.35. The van der Waals surface area contributed by atoms with E-state index in [1.807, 2.05) is 6.08 Å². The van der Waals surface area contributed by atoms with Crippen LogP contribution < -0.4 is 4.74 Å². The van der Waals surface area contributed by atoms with Crippen LogP contribution in [0.15, 0.2) is 41.5 Å². The SMILES string of the molecule is CC(C)=CCCC(C)=CCOc1cc(O)c2c(O)c3c(cc2c1)C[C@@](C)(O)CC3=O. The van der Waals surface area contributed by atoms with E-state index in [0.29, 0.717) is 23.3 Å². The van der Waals surface area contributed by atoms with Gasteiger partial charge in [-0.1, -0.05) is 17.2 Å². The van der Waals surface area contributed by atoms with Crippen LogP contribution in [0.2, 0.25) is 0 Å². The highest BCUT2D eigenvalue weighted by Gasteiger charge is 2.35. The Hall–Kier alpha value is -2.79. The van der Waals surface area contributed by atoms with E-state index in [1.54, 1.807) is 19.1 Å². The van der Waals surface area contributed by atoms with E-state index in [4.69, 9.17) is 4.74 Å². The summed E-state index contributed by atoms with van der Waals surface area (Å²) in [4.78, 5) is 12.4. The maximum absolute atomic E-state index is 12.4. The Morgan fingerprint density at radius 1 is 1.13 bits per heavy atom. The number of rotatable bonds is 6. The lowest BCUT2D eigenvalue weighted by Gasteiger charge is -2.29. The predicted molar refractivity (Wildman–Crippen MR) is 118 cm³/mol. The van der Waals surface area contributed by atoms with Crippen molar-refractivity contribution in [1.29, 1.82) is 0 Å². The Bertz CT molecular complexity index is 1040. The topological polar surface area (TPSA) is 87.0 Å². The number of ether oxygens (including phenoxy) is 1. The second kappa shape index (κ2) is 8.52. The van der Waals surface area contributed by atoms with Crippen LogP contribution in [0.3, 0.4) is 0 Å². The van der Waals surface area contributed by atoms with Crippen molar-refractivity contribution in [3.8, 4) is 17.2 Å². The van der Waals surface area contributed by atoms with Crippen LogP contribution in [-0.4, -0.2) is 33.3 Å². The molecule has 0 heterocycles. The summed E-state index contributed by atoms with van der Waals surface area (Å²) in [6.07, 6.45) is 6.38. The summed E-state index contributed by atoms with van der Waals surface area (Å²) < 4.78 is 5.79. The van der Waals surface area contributed by atoms with Crippen LogP contribution >= 0.6 is 0 Å². The maximum Gasteiger partial charge on any atom is 0.169 e. The normalized spacial score (nSPS) is 19.0. The second-order valence-corrected chi connectivity index (χ2v) is 8.76. The monoisotopic (exact) mass is 410 g/mol. The molecule has 0 saturated heterocycles. The minimum atomic E-state index is -1.14. The molecule has 0 aliphatic heterocycles. The first-order valence-electron chi connectivity index (χ1n) is 10.3. The molecule has 1 atom stereocenters. The van der Waals surface area contributed by atoms with Gasteiger partial charge in [0, 0.05) is 18.9 Å². The quantitative estimate of drug-likeness (QED) is 0.570. The van der Waals surface area contributed by atoms with E-state index < -0.39 is 5.60 Å². The summed E-state index contributed by atoms with van der Waals surface area (Å²) in [5.74, 6) is -0.227. The Kier molecular flexibility index (Phi) is 6.22. The van der Waals surface area contributed by atoms with Crippen molar-refractivity contribution in [2.24, 2.45) is 0 Å². The number of Topliss-reactive ketones (excluding diaryl/α,β-unsaturated/α-hetero) is 1. The first-order valence-corrected chi connectivity index (χ1v) is 10.3. The third-order valence-electron chi connectivity index (χ3n) is 5.41. The molecule has 1 aliphatic carbocycles. The minimum absolute atomic E-state index is 0.0552. The van der Waals surface area contributed by atoms with Gasteiger partial charge in [0.05, 0.1) is 16.6 Å². The molecule has 5 nitrogen and oxygen atoms in total. The number of phenols is 2. The molecule has 0 radical (unpaired) electrons. The van der Waals surface area contributed by atoms with Crippen LogP contribution in [0, 0.1) is 0 Å². The highest BCUT2D eigenvalue weighted by atomic mass is 16.5. The number of allylic oxidation sites excluding steroid dienone is 3. The van der Waals surface area contributed by atoms with Crippen LogP contribution in [0.1, 0.15) is 62.9 Å². The van der Waals surface area contributed by atoms with Crippen molar-refractivity contribution in [2.45, 2.75) is 59.0 Å². The highest BCUT2D eigenvalue weighted by molar-refractivity contribution is 6.09. The van der Waals surface area contributed by atoms with Crippen molar-refractivity contribution >= 4 is 16.6 Å². The molecule has 0 saturated carbocycles.